The van der Waals surface area contributed by atoms with Crippen molar-refractivity contribution in [3.8, 4) is 6.07 Å². The third-order valence-electron chi connectivity index (χ3n) is 8.00. The number of nitrogens with one attached hydrogen (secondary N) is 1. The molecule has 0 unspecified atom stereocenters. The van der Waals surface area contributed by atoms with Crippen molar-refractivity contribution >= 4 is 29.2 Å². The van der Waals surface area contributed by atoms with Crippen molar-refractivity contribution in [3.05, 3.63) is 24.2 Å². The molecule has 1 saturated carbocycles. The van der Waals surface area contributed by atoms with Gasteiger partial charge in [-0.1, -0.05) is 40.0 Å². The monoisotopic (exact) mass is 584 g/mol. The summed E-state index contributed by atoms with van der Waals surface area (Å²) in [5.41, 5.74) is 4.41. The van der Waals surface area contributed by atoms with Gasteiger partial charge in [-0.15, -0.1) is 0 Å². The zero-order chi connectivity index (χ0) is 30.4. The van der Waals surface area contributed by atoms with Gasteiger partial charge in [-0.2, -0.15) is 10.4 Å². The maximum Gasteiger partial charge on any atom is 0.323 e. The number of hydrogen-bond donors (Lipinski definition) is 3. The van der Waals surface area contributed by atoms with Crippen LogP contribution in [-0.4, -0.2) is 68.5 Å². The van der Waals surface area contributed by atoms with Gasteiger partial charge < -0.3 is 30.4 Å². The summed E-state index contributed by atoms with van der Waals surface area (Å²) >= 11 is 0. The number of esters is 2. The Hall–Kier alpha value is -3.60. The second-order valence-electron chi connectivity index (χ2n) is 11.4. The topological polar surface area (TPSA) is 191 Å². The minimum absolute atomic E-state index is 0.117. The fourth-order valence-electron chi connectivity index (χ4n) is 5.52. The second-order valence-corrected chi connectivity index (χ2v) is 11.4. The van der Waals surface area contributed by atoms with Crippen LogP contribution >= 0.6 is 0 Å². The first-order valence-electron chi connectivity index (χ1n) is 14.6. The van der Waals surface area contributed by atoms with Gasteiger partial charge in [0.25, 0.3) is 0 Å². The number of rotatable bonds is 11. The number of nitriles is 1. The zero-order valence-corrected chi connectivity index (χ0v) is 24.3. The molecule has 1 aliphatic heterocycles. The van der Waals surface area contributed by atoms with E-state index >= 15 is 0 Å². The van der Waals surface area contributed by atoms with Crippen LogP contribution in [0.5, 0.6) is 0 Å². The van der Waals surface area contributed by atoms with Gasteiger partial charge in [-0.3, -0.25) is 14.4 Å². The maximum atomic E-state index is 12.9. The summed E-state index contributed by atoms with van der Waals surface area (Å²) in [6.45, 7) is 5.03. The third-order valence-corrected chi connectivity index (χ3v) is 8.00. The van der Waals surface area contributed by atoms with Crippen LogP contribution in [0.2, 0.25) is 0 Å². The van der Waals surface area contributed by atoms with Gasteiger partial charge in [-0.05, 0) is 43.2 Å². The van der Waals surface area contributed by atoms with Crippen molar-refractivity contribution in [2.24, 2.45) is 17.6 Å². The molecule has 0 radical (unpaired) electrons. The van der Waals surface area contributed by atoms with E-state index in [1.807, 2.05) is 13.0 Å². The van der Waals surface area contributed by atoms with Gasteiger partial charge in [0, 0.05) is 12.8 Å². The summed E-state index contributed by atoms with van der Waals surface area (Å²) < 4.78 is 18.6. The van der Waals surface area contributed by atoms with Crippen LogP contribution in [0.3, 0.4) is 0 Å². The molecule has 0 bridgehead atoms. The van der Waals surface area contributed by atoms with Gasteiger partial charge in [-0.25, -0.2) is 9.50 Å². The number of aromatic nitrogens is 3. The standard InChI is InChI=1S/C29H40N6O7/c1-4-8-22(36)34-27-19-11-12-21(35(19)33-16-32-27)29(15-30)26(38)25(41-28(39)24(31)17(2)3)20(42-29)14-40-23(37)13-18-9-6-5-7-10-18/h11-12,16-18,20,24-26,38H,4-10,13-14,31H2,1-3H3,(H,32,33,34,36)/t20-,24+,25-,26-,29+/m1/s1. The molecule has 2 fully saturated rings. The Morgan fingerprint density at radius 3 is 2.69 bits per heavy atom. The Morgan fingerprint density at radius 2 is 2.02 bits per heavy atom. The fourth-order valence-corrected chi connectivity index (χ4v) is 5.52. The number of amides is 1. The summed E-state index contributed by atoms with van der Waals surface area (Å²) in [7, 11) is 0. The summed E-state index contributed by atoms with van der Waals surface area (Å²) in [6, 6.07) is 4.15. The smallest absolute Gasteiger partial charge is 0.323 e. The summed E-state index contributed by atoms with van der Waals surface area (Å²) in [4.78, 5) is 41.9. The average molecular weight is 585 g/mol. The number of nitrogens with two attached hydrogens (primary N) is 1. The highest BCUT2D eigenvalue weighted by Gasteiger charge is 2.60. The first kappa shape index (κ1) is 31.3. The molecule has 3 heterocycles. The van der Waals surface area contributed by atoms with Crippen molar-refractivity contribution in [2.75, 3.05) is 11.9 Å². The van der Waals surface area contributed by atoms with Crippen LogP contribution < -0.4 is 11.1 Å². The SMILES string of the molecule is CCCC(=O)Nc1ncnn2c([C@]3(C#N)O[C@H](COC(=O)CC4CCCCC4)[C@@H](OC(=O)[C@@H](N)C(C)C)[C@H]3O)ccc12. The Labute approximate surface area is 244 Å². The van der Waals surface area contributed by atoms with E-state index in [4.69, 9.17) is 19.9 Å². The van der Waals surface area contributed by atoms with Crippen molar-refractivity contribution in [1.29, 1.82) is 5.26 Å². The van der Waals surface area contributed by atoms with Gasteiger partial charge in [0.05, 0.1) is 5.69 Å². The highest BCUT2D eigenvalue weighted by molar-refractivity contribution is 5.93. The van der Waals surface area contributed by atoms with Gasteiger partial charge >= 0.3 is 11.9 Å². The Morgan fingerprint density at radius 1 is 1.29 bits per heavy atom. The fraction of sp³-hybridized carbons (Fsp3) is 0.655. The lowest BCUT2D eigenvalue weighted by molar-refractivity contribution is -0.162. The zero-order valence-electron chi connectivity index (χ0n) is 24.3. The van der Waals surface area contributed by atoms with Crippen molar-refractivity contribution in [2.45, 2.75) is 102 Å². The molecule has 4 rings (SSSR count). The van der Waals surface area contributed by atoms with Crippen molar-refractivity contribution in [1.82, 2.24) is 14.6 Å². The molecule has 2 aromatic heterocycles. The molecule has 1 amide bonds. The molecule has 2 aromatic rings. The van der Waals surface area contributed by atoms with Crippen molar-refractivity contribution < 1.29 is 33.7 Å². The van der Waals surface area contributed by atoms with Crippen LogP contribution in [0.1, 0.15) is 77.8 Å². The van der Waals surface area contributed by atoms with E-state index in [1.54, 1.807) is 19.9 Å². The summed E-state index contributed by atoms with van der Waals surface area (Å²) in [6.07, 6.45) is 3.39. The van der Waals surface area contributed by atoms with Crippen LogP contribution in [-0.2, 0) is 34.2 Å². The van der Waals surface area contributed by atoms with Crippen LogP contribution in [0, 0.1) is 23.2 Å². The Balaban J connectivity index is 1.62. The van der Waals surface area contributed by atoms with Crippen molar-refractivity contribution in [3.63, 3.8) is 0 Å². The van der Waals surface area contributed by atoms with E-state index in [2.05, 4.69) is 15.4 Å². The normalized spacial score (nSPS) is 25.2. The van der Waals surface area contributed by atoms with Crippen LogP contribution in [0.25, 0.3) is 5.52 Å². The third kappa shape index (κ3) is 6.56. The van der Waals surface area contributed by atoms with Crippen LogP contribution in [0.4, 0.5) is 5.82 Å². The molecule has 13 nitrogen and oxygen atoms in total. The number of aliphatic hydroxyl groups is 1. The summed E-state index contributed by atoms with van der Waals surface area (Å²) in [5, 5.41) is 28.9. The summed E-state index contributed by atoms with van der Waals surface area (Å²) in [5.74, 6) is -1.24. The molecule has 13 heteroatoms. The number of nitrogens with zero attached hydrogens (tertiary/aromatic N) is 4. The molecule has 42 heavy (non-hydrogen) atoms. The quantitative estimate of drug-likeness (QED) is 0.329. The Bertz CT molecular complexity index is 1320. The molecule has 1 aliphatic carbocycles. The molecule has 2 aliphatic rings. The number of carbonyl (C=O) groups excluding carboxylic acids is 3. The predicted octanol–water partition coefficient (Wildman–Crippen LogP) is 2.36. The maximum absolute atomic E-state index is 12.9. The minimum Gasteiger partial charge on any atom is -0.463 e. The van der Waals surface area contributed by atoms with E-state index in [0.29, 0.717) is 18.4 Å². The van der Waals surface area contributed by atoms with Gasteiger partial charge in [0.15, 0.2) is 11.9 Å². The number of ether oxygens (including phenoxy) is 3. The molecule has 4 N–H and O–H groups in total. The lowest BCUT2D eigenvalue weighted by atomic mass is 9.87. The molecule has 1 saturated heterocycles. The van der Waals surface area contributed by atoms with E-state index < -0.39 is 41.9 Å². The highest BCUT2D eigenvalue weighted by atomic mass is 16.6. The Kier molecular flexibility index (Phi) is 10.1. The predicted molar refractivity (Wildman–Crippen MR) is 150 cm³/mol. The number of anilines is 1. The van der Waals surface area contributed by atoms with Crippen LogP contribution in [0.15, 0.2) is 18.5 Å². The van der Waals surface area contributed by atoms with Gasteiger partial charge in [0.1, 0.15) is 42.8 Å². The van der Waals surface area contributed by atoms with E-state index in [9.17, 15) is 24.8 Å². The lowest BCUT2D eigenvalue weighted by Gasteiger charge is -2.25. The second kappa shape index (κ2) is 13.6. The molecule has 0 spiro atoms. The average Bonchev–Trinajstić information content (AvgIpc) is 3.52. The molecule has 0 aromatic carbocycles. The van der Waals surface area contributed by atoms with E-state index in [1.165, 1.54) is 16.9 Å². The largest absolute Gasteiger partial charge is 0.463 e. The molecule has 5 atom stereocenters. The number of hydrogen-bond acceptors (Lipinski definition) is 11. The number of carbonyl (C=O) groups is 3. The molecular formula is C29H40N6O7. The highest BCUT2D eigenvalue weighted by Crippen LogP contribution is 2.42. The first-order chi connectivity index (χ1) is 20.1. The number of fused-ring (bicyclic) bond motifs is 1. The number of aliphatic hydroxyl groups excluding tert-OH is 1. The van der Waals surface area contributed by atoms with E-state index in [-0.39, 0.29) is 42.3 Å². The van der Waals surface area contributed by atoms with Gasteiger partial charge in [0.2, 0.25) is 11.5 Å². The molecular weight excluding hydrogens is 544 g/mol. The minimum atomic E-state index is -2.07. The molecule has 228 valence electrons. The first-order valence-corrected chi connectivity index (χ1v) is 14.6. The van der Waals surface area contributed by atoms with E-state index in [0.717, 1.165) is 32.1 Å². The lowest BCUT2D eigenvalue weighted by Crippen LogP contribution is -2.46.